The number of nitrogens with one attached hydrogen (secondary N) is 1. The van der Waals surface area contributed by atoms with Crippen LogP contribution in [-0.4, -0.2) is 27.6 Å². The fourth-order valence-corrected chi connectivity index (χ4v) is 5.60. The van der Waals surface area contributed by atoms with E-state index in [0.29, 0.717) is 21.7 Å². The highest BCUT2D eigenvalue weighted by Gasteiger charge is 2.17. The maximum Gasteiger partial charge on any atom is 0.255 e. The number of hydrogen-bond acceptors (Lipinski definition) is 6. The van der Waals surface area contributed by atoms with Gasteiger partial charge in [-0.05, 0) is 53.8 Å². The molecule has 2 aromatic carbocycles. The third-order valence-electron chi connectivity index (χ3n) is 4.00. The van der Waals surface area contributed by atoms with Crippen molar-refractivity contribution in [2.45, 2.75) is 11.0 Å². The zero-order valence-corrected chi connectivity index (χ0v) is 15.6. The molecule has 1 saturated heterocycles. The Morgan fingerprint density at radius 3 is 2.65 bits per heavy atom. The van der Waals surface area contributed by atoms with E-state index >= 15 is 0 Å². The lowest BCUT2D eigenvalue weighted by Gasteiger charge is -2.21. The van der Waals surface area contributed by atoms with Crippen LogP contribution in [0.5, 0.6) is 0 Å². The van der Waals surface area contributed by atoms with Crippen LogP contribution >= 0.6 is 23.5 Å². The molecular formula is C19H17N3O2S2. The topological polar surface area (TPSA) is 68.0 Å². The van der Waals surface area contributed by atoms with Crippen LogP contribution in [0.25, 0.3) is 11.5 Å². The highest BCUT2D eigenvalue weighted by molar-refractivity contribution is 8.16. The number of carbonyl (C=O) groups is 1. The van der Waals surface area contributed by atoms with Gasteiger partial charge in [-0.1, -0.05) is 18.2 Å². The molecule has 132 valence electrons. The van der Waals surface area contributed by atoms with Crippen molar-refractivity contribution in [1.82, 2.24) is 10.2 Å². The van der Waals surface area contributed by atoms with Gasteiger partial charge in [0, 0.05) is 16.8 Å². The molecule has 2 heterocycles. The Bertz CT molecular complexity index is 876. The number of anilines is 1. The van der Waals surface area contributed by atoms with Crippen LogP contribution in [-0.2, 0) is 0 Å². The molecule has 0 radical (unpaired) electrons. The van der Waals surface area contributed by atoms with Crippen LogP contribution < -0.4 is 5.32 Å². The standard InChI is InChI=1S/C19H17N3O2S2/c23-17(13-5-7-14(8-6-13)19-25-9-2-10-26-19)21-16-4-1-3-15(11-16)18-22-20-12-24-18/h1,3-8,11-12,19H,2,9-10H2,(H,21,23). The summed E-state index contributed by atoms with van der Waals surface area (Å²) in [5.41, 5.74) is 3.37. The van der Waals surface area contributed by atoms with E-state index in [9.17, 15) is 4.79 Å². The van der Waals surface area contributed by atoms with Gasteiger partial charge in [-0.15, -0.1) is 33.7 Å². The molecule has 0 aliphatic carbocycles. The monoisotopic (exact) mass is 383 g/mol. The second kappa shape index (κ2) is 7.97. The van der Waals surface area contributed by atoms with Crippen LogP contribution in [0.1, 0.15) is 26.9 Å². The van der Waals surface area contributed by atoms with E-state index in [1.807, 2.05) is 59.9 Å². The fraction of sp³-hybridized carbons (Fsp3) is 0.211. The Morgan fingerprint density at radius 2 is 1.92 bits per heavy atom. The molecule has 0 unspecified atom stereocenters. The lowest BCUT2D eigenvalue weighted by atomic mass is 10.1. The number of hydrogen-bond donors (Lipinski definition) is 1. The minimum Gasteiger partial charge on any atom is -0.423 e. The van der Waals surface area contributed by atoms with Crippen molar-refractivity contribution < 1.29 is 9.21 Å². The highest BCUT2D eigenvalue weighted by atomic mass is 32.2. The molecule has 0 bridgehead atoms. The quantitative estimate of drug-likeness (QED) is 0.694. The van der Waals surface area contributed by atoms with Gasteiger partial charge in [0.25, 0.3) is 5.91 Å². The Morgan fingerprint density at radius 1 is 1.12 bits per heavy atom. The maximum atomic E-state index is 12.5. The van der Waals surface area contributed by atoms with E-state index in [0.717, 1.165) is 5.56 Å². The van der Waals surface area contributed by atoms with E-state index in [1.165, 1.54) is 29.9 Å². The largest absolute Gasteiger partial charge is 0.423 e. The molecule has 4 rings (SSSR count). The van der Waals surface area contributed by atoms with Crippen LogP contribution in [0.3, 0.4) is 0 Å². The summed E-state index contributed by atoms with van der Waals surface area (Å²) >= 11 is 3.95. The van der Waals surface area contributed by atoms with Gasteiger partial charge in [0.2, 0.25) is 12.3 Å². The molecule has 1 amide bonds. The van der Waals surface area contributed by atoms with Crippen molar-refractivity contribution in [1.29, 1.82) is 0 Å². The fourth-order valence-electron chi connectivity index (χ4n) is 2.70. The number of aromatic nitrogens is 2. The Hall–Kier alpha value is -2.25. The zero-order chi connectivity index (χ0) is 17.8. The molecule has 5 nitrogen and oxygen atoms in total. The molecule has 1 aliphatic heterocycles. The minimum atomic E-state index is -0.136. The molecule has 0 saturated carbocycles. The average Bonchev–Trinajstić information content (AvgIpc) is 3.24. The van der Waals surface area contributed by atoms with Crippen molar-refractivity contribution in [3.05, 3.63) is 66.1 Å². The summed E-state index contributed by atoms with van der Waals surface area (Å²) in [6, 6.07) is 15.2. The van der Waals surface area contributed by atoms with Crippen molar-refractivity contribution in [2.24, 2.45) is 0 Å². The summed E-state index contributed by atoms with van der Waals surface area (Å²) in [6.07, 6.45) is 2.56. The van der Waals surface area contributed by atoms with Crippen LogP contribution in [0.4, 0.5) is 5.69 Å². The predicted molar refractivity (Wildman–Crippen MR) is 106 cm³/mol. The van der Waals surface area contributed by atoms with Crippen LogP contribution in [0, 0.1) is 0 Å². The summed E-state index contributed by atoms with van der Waals surface area (Å²) in [6.45, 7) is 0. The normalized spacial score (nSPS) is 14.9. The summed E-state index contributed by atoms with van der Waals surface area (Å²) in [7, 11) is 0. The van der Waals surface area contributed by atoms with Gasteiger partial charge in [0.05, 0.1) is 4.58 Å². The average molecular weight is 383 g/mol. The molecular weight excluding hydrogens is 366 g/mol. The van der Waals surface area contributed by atoms with E-state index < -0.39 is 0 Å². The Kier molecular flexibility index (Phi) is 5.26. The van der Waals surface area contributed by atoms with Crippen molar-refractivity contribution in [3.8, 4) is 11.5 Å². The first-order valence-electron chi connectivity index (χ1n) is 8.31. The predicted octanol–water partition coefficient (Wildman–Crippen LogP) is 4.86. The zero-order valence-electron chi connectivity index (χ0n) is 13.9. The lowest BCUT2D eigenvalue weighted by molar-refractivity contribution is 0.102. The lowest BCUT2D eigenvalue weighted by Crippen LogP contribution is -2.12. The summed E-state index contributed by atoms with van der Waals surface area (Å²) < 4.78 is 5.67. The third-order valence-corrected chi connectivity index (χ3v) is 7.01. The van der Waals surface area contributed by atoms with E-state index in [1.54, 1.807) is 0 Å². The van der Waals surface area contributed by atoms with Gasteiger partial charge in [-0.2, -0.15) is 0 Å². The molecule has 1 aromatic heterocycles. The molecule has 1 N–H and O–H groups in total. The summed E-state index contributed by atoms with van der Waals surface area (Å²) in [5.74, 6) is 2.70. The van der Waals surface area contributed by atoms with Gasteiger partial charge in [-0.25, -0.2) is 0 Å². The first-order valence-corrected chi connectivity index (χ1v) is 10.4. The second-order valence-electron chi connectivity index (χ2n) is 5.83. The second-order valence-corrected chi connectivity index (χ2v) is 8.55. The molecule has 0 atom stereocenters. The molecule has 0 spiro atoms. The van der Waals surface area contributed by atoms with Gasteiger partial charge >= 0.3 is 0 Å². The number of rotatable bonds is 4. The number of amides is 1. The van der Waals surface area contributed by atoms with Gasteiger partial charge in [0.1, 0.15) is 0 Å². The van der Waals surface area contributed by atoms with Crippen molar-refractivity contribution in [3.63, 3.8) is 0 Å². The van der Waals surface area contributed by atoms with Gasteiger partial charge < -0.3 is 9.73 Å². The van der Waals surface area contributed by atoms with Crippen LogP contribution in [0.2, 0.25) is 0 Å². The minimum absolute atomic E-state index is 0.136. The van der Waals surface area contributed by atoms with Gasteiger partial charge in [0.15, 0.2) is 0 Å². The number of carbonyl (C=O) groups excluding carboxylic acids is 1. The van der Waals surface area contributed by atoms with Gasteiger partial charge in [-0.3, -0.25) is 4.79 Å². The smallest absolute Gasteiger partial charge is 0.255 e. The summed E-state index contributed by atoms with van der Waals surface area (Å²) in [4.78, 5) is 12.5. The van der Waals surface area contributed by atoms with E-state index in [4.69, 9.17) is 4.42 Å². The Labute approximate surface area is 160 Å². The van der Waals surface area contributed by atoms with Crippen molar-refractivity contribution >= 4 is 35.1 Å². The molecule has 3 aromatic rings. The number of thioether (sulfide) groups is 2. The summed E-state index contributed by atoms with van der Waals surface area (Å²) in [5, 5.41) is 10.5. The van der Waals surface area contributed by atoms with Crippen LogP contribution in [0.15, 0.2) is 59.3 Å². The van der Waals surface area contributed by atoms with E-state index in [2.05, 4.69) is 27.6 Å². The first kappa shape index (κ1) is 17.2. The van der Waals surface area contributed by atoms with Crippen molar-refractivity contribution in [2.75, 3.05) is 16.8 Å². The molecule has 1 aliphatic rings. The SMILES string of the molecule is O=C(Nc1cccc(-c2nnco2)c1)c1ccc(C2SCCCS2)cc1. The third kappa shape index (κ3) is 3.94. The molecule has 1 fully saturated rings. The highest BCUT2D eigenvalue weighted by Crippen LogP contribution is 2.43. The molecule has 7 heteroatoms. The number of benzene rings is 2. The maximum absolute atomic E-state index is 12.5. The van der Waals surface area contributed by atoms with E-state index in [-0.39, 0.29) is 5.91 Å². The molecule has 26 heavy (non-hydrogen) atoms. The first-order chi connectivity index (χ1) is 12.8. The number of nitrogens with zero attached hydrogens (tertiary/aromatic N) is 2. The Balaban J connectivity index is 1.45.